The minimum Gasteiger partial charge on any atom is -0.311 e. The van der Waals surface area contributed by atoms with Crippen LogP contribution < -0.4 is 0 Å². The van der Waals surface area contributed by atoms with Gasteiger partial charge in [-0.3, -0.25) is 0 Å². The van der Waals surface area contributed by atoms with E-state index in [2.05, 4.69) is 20.8 Å². The highest BCUT2D eigenvalue weighted by Crippen LogP contribution is 2.20. The maximum atomic E-state index is 11.6. The molecule has 0 aromatic heterocycles. The molecule has 0 bridgehead atoms. The predicted octanol–water partition coefficient (Wildman–Crippen LogP) is 2.46. The van der Waals surface area contributed by atoms with E-state index in [4.69, 9.17) is 0 Å². The van der Waals surface area contributed by atoms with Gasteiger partial charge in [0.15, 0.2) is 0 Å². The first-order valence-electron chi connectivity index (χ1n) is 4.78. The molecule has 1 nitrogen and oxygen atoms in total. The molecule has 0 rings (SSSR count). The molecule has 70 valence electrons. The van der Waals surface area contributed by atoms with Crippen molar-refractivity contribution in [2.75, 3.05) is 0 Å². The lowest BCUT2D eigenvalue weighted by Crippen LogP contribution is -2.29. The Balaban J connectivity index is 4.02. The average molecular weight is 168 g/mol. The van der Waals surface area contributed by atoms with Gasteiger partial charge in [0.25, 0.3) is 0 Å². The summed E-state index contributed by atoms with van der Waals surface area (Å²) in [5, 5.41) is 0. The first kappa shape index (κ1) is 11.7. The molecule has 0 N–H and O–H groups in total. The van der Waals surface area contributed by atoms with Crippen molar-refractivity contribution in [3.8, 4) is 0 Å². The zero-order chi connectivity index (χ0) is 9.94. The van der Waals surface area contributed by atoms with E-state index < -0.39 is 0 Å². The maximum Gasteiger partial charge on any atom is 0.209 e. The Morgan fingerprint density at radius 1 is 1.17 bits per heavy atom. The topological polar surface area (TPSA) is 17.1 Å². The molecule has 0 aliphatic carbocycles. The third-order valence-corrected chi connectivity index (χ3v) is 2.48. The van der Waals surface area contributed by atoms with Crippen molar-refractivity contribution in [2.24, 2.45) is 11.3 Å². The van der Waals surface area contributed by atoms with Gasteiger partial charge in [-0.1, -0.05) is 53.3 Å². The van der Waals surface area contributed by atoms with Crippen molar-refractivity contribution in [2.45, 2.75) is 47.4 Å². The van der Waals surface area contributed by atoms with Crippen LogP contribution in [0.5, 0.6) is 0 Å². The van der Waals surface area contributed by atoms with E-state index in [0.29, 0.717) is 17.4 Å². The molecule has 2 heteroatoms. The molecule has 0 heterocycles. The Hall–Kier alpha value is -0.265. The molecule has 0 fully saturated rings. The van der Waals surface area contributed by atoms with E-state index in [9.17, 15) is 4.79 Å². The van der Waals surface area contributed by atoms with Crippen LogP contribution in [-0.4, -0.2) is 13.0 Å². The Bertz CT molecular complexity index is 156. The number of rotatable bonds is 3. The van der Waals surface area contributed by atoms with Crippen LogP contribution in [0.4, 0.5) is 0 Å². The number of hydrogen-bond donors (Lipinski definition) is 0. The molecule has 0 radical (unpaired) electrons. The van der Waals surface area contributed by atoms with Gasteiger partial charge < -0.3 is 4.79 Å². The van der Waals surface area contributed by atoms with Crippen LogP contribution >= 0.6 is 0 Å². The minimum atomic E-state index is -0.164. The molecule has 0 aliphatic heterocycles. The molecule has 0 amide bonds. The Morgan fingerprint density at radius 3 is 1.83 bits per heavy atom. The first-order valence-corrected chi connectivity index (χ1v) is 4.78. The molecule has 0 spiro atoms. The smallest absolute Gasteiger partial charge is 0.209 e. The molecule has 12 heavy (non-hydrogen) atoms. The van der Waals surface area contributed by atoms with Gasteiger partial charge in [0.2, 0.25) is 7.28 Å². The largest absolute Gasteiger partial charge is 0.311 e. The second-order valence-corrected chi connectivity index (χ2v) is 5.10. The summed E-state index contributed by atoms with van der Waals surface area (Å²) in [6.07, 6.45) is 0. The molecule has 0 saturated carbocycles. The van der Waals surface area contributed by atoms with Crippen molar-refractivity contribution < 1.29 is 4.79 Å². The van der Waals surface area contributed by atoms with Gasteiger partial charge in [-0.2, -0.15) is 0 Å². The summed E-state index contributed by atoms with van der Waals surface area (Å²) in [7, 11) is 0.723. The summed E-state index contributed by atoms with van der Waals surface area (Å²) in [5.41, 5.74) is 0.215. The van der Waals surface area contributed by atoms with Crippen LogP contribution in [0.1, 0.15) is 41.5 Å². The fourth-order valence-electron chi connectivity index (χ4n) is 0.834. The molecule has 0 aromatic rings. The van der Waals surface area contributed by atoms with Crippen molar-refractivity contribution in [3.63, 3.8) is 0 Å². The molecule has 1 unspecified atom stereocenters. The van der Waals surface area contributed by atoms with Gasteiger partial charge in [0.1, 0.15) is 0 Å². The minimum absolute atomic E-state index is 0.164. The highest BCUT2D eigenvalue weighted by molar-refractivity contribution is 6.75. The van der Waals surface area contributed by atoms with E-state index in [-0.39, 0.29) is 5.41 Å². The third-order valence-electron chi connectivity index (χ3n) is 2.48. The average Bonchev–Trinajstić information content (AvgIpc) is 1.85. The van der Waals surface area contributed by atoms with Crippen LogP contribution in [0, 0.1) is 11.3 Å². The Kier molecular flexibility index (Phi) is 4.02. The fourth-order valence-corrected chi connectivity index (χ4v) is 0.834. The quantitative estimate of drug-likeness (QED) is 0.591. The molecular formula is C10H21BO. The summed E-state index contributed by atoms with van der Waals surface area (Å²) in [5.74, 6) is 1.12. The highest BCUT2D eigenvalue weighted by atomic mass is 16.1. The normalized spacial score (nSPS) is 14.6. The SMILES string of the molecule is CC(C)C(C)BC(=O)C(C)(C)C. The van der Waals surface area contributed by atoms with Crippen molar-refractivity contribution in [3.05, 3.63) is 0 Å². The van der Waals surface area contributed by atoms with Crippen molar-refractivity contribution in [1.29, 1.82) is 0 Å². The lowest BCUT2D eigenvalue weighted by molar-refractivity contribution is -0.118. The summed E-state index contributed by atoms with van der Waals surface area (Å²) in [6, 6.07) is 0. The van der Waals surface area contributed by atoms with Gasteiger partial charge in [-0.25, -0.2) is 0 Å². The molecule has 0 saturated heterocycles. The monoisotopic (exact) mass is 168 g/mol. The summed E-state index contributed by atoms with van der Waals surface area (Å²) >= 11 is 0. The summed E-state index contributed by atoms with van der Waals surface area (Å²) < 4.78 is 0. The van der Waals surface area contributed by atoms with E-state index >= 15 is 0 Å². The second kappa shape index (κ2) is 4.11. The second-order valence-electron chi connectivity index (χ2n) is 5.10. The lowest BCUT2D eigenvalue weighted by Gasteiger charge is -2.20. The van der Waals surface area contributed by atoms with Crippen LogP contribution in [0.3, 0.4) is 0 Å². The Labute approximate surface area is 77.2 Å². The van der Waals surface area contributed by atoms with Crippen LogP contribution in [0.15, 0.2) is 0 Å². The molecule has 1 atom stereocenters. The van der Waals surface area contributed by atoms with Crippen LogP contribution in [-0.2, 0) is 4.79 Å². The van der Waals surface area contributed by atoms with Gasteiger partial charge in [-0.15, -0.1) is 0 Å². The Morgan fingerprint density at radius 2 is 1.58 bits per heavy atom. The van der Waals surface area contributed by atoms with Crippen LogP contribution in [0.25, 0.3) is 0 Å². The third kappa shape index (κ3) is 3.94. The van der Waals surface area contributed by atoms with Gasteiger partial charge >= 0.3 is 0 Å². The first-order chi connectivity index (χ1) is 5.25. The van der Waals surface area contributed by atoms with Crippen molar-refractivity contribution >= 4 is 13.0 Å². The molecule has 0 aliphatic rings. The molecular weight excluding hydrogens is 147 g/mol. The standard InChI is InChI=1S/C10H21BO/c1-7(2)8(3)11-9(12)10(4,5)6/h7-8,11H,1-6H3. The van der Waals surface area contributed by atoms with E-state index in [1.165, 1.54) is 0 Å². The lowest BCUT2D eigenvalue weighted by atomic mass is 9.53. The summed E-state index contributed by atoms with van der Waals surface area (Å²) in [4.78, 5) is 11.6. The zero-order valence-electron chi connectivity index (χ0n) is 9.27. The predicted molar refractivity (Wildman–Crippen MR) is 55.9 cm³/mol. The van der Waals surface area contributed by atoms with E-state index in [1.54, 1.807) is 0 Å². The fraction of sp³-hybridized carbons (Fsp3) is 0.900. The number of hydrogen-bond acceptors (Lipinski definition) is 1. The highest BCUT2D eigenvalue weighted by Gasteiger charge is 2.24. The van der Waals surface area contributed by atoms with E-state index in [0.717, 1.165) is 7.28 Å². The summed E-state index contributed by atoms with van der Waals surface area (Å²) in [6.45, 7) is 12.4. The number of carbonyl (C=O) groups is 1. The van der Waals surface area contributed by atoms with Gasteiger partial charge in [-0.05, 0) is 0 Å². The maximum absolute atomic E-state index is 11.6. The van der Waals surface area contributed by atoms with E-state index in [1.807, 2.05) is 20.8 Å². The zero-order valence-corrected chi connectivity index (χ0v) is 9.27. The van der Waals surface area contributed by atoms with Gasteiger partial charge in [0, 0.05) is 5.41 Å². The van der Waals surface area contributed by atoms with Crippen LogP contribution in [0.2, 0.25) is 5.82 Å². The number of carbonyl (C=O) groups excluding carboxylic acids is 1. The van der Waals surface area contributed by atoms with Gasteiger partial charge in [0.05, 0.1) is 5.68 Å². The molecule has 0 aromatic carbocycles. The van der Waals surface area contributed by atoms with Crippen molar-refractivity contribution in [1.82, 2.24) is 0 Å².